The van der Waals surface area contributed by atoms with Crippen LogP contribution in [-0.4, -0.2) is 21.6 Å². The molecule has 5 nitrogen and oxygen atoms in total. The van der Waals surface area contributed by atoms with Crippen molar-refractivity contribution in [3.8, 4) is 6.01 Å². The highest BCUT2D eigenvalue weighted by molar-refractivity contribution is 6.31. The van der Waals surface area contributed by atoms with E-state index in [0.29, 0.717) is 17.6 Å². The quantitative estimate of drug-likeness (QED) is 0.864. The summed E-state index contributed by atoms with van der Waals surface area (Å²) in [5, 5.41) is 3.91. The highest BCUT2D eigenvalue weighted by Crippen LogP contribution is 2.25. The van der Waals surface area contributed by atoms with Crippen molar-refractivity contribution in [1.82, 2.24) is 15.0 Å². The first-order chi connectivity index (χ1) is 10.1. The normalized spacial score (nSPS) is 12.0. The van der Waals surface area contributed by atoms with Gasteiger partial charge in [0.15, 0.2) is 0 Å². The number of rotatable bonds is 6. The molecule has 0 aliphatic heterocycles. The lowest BCUT2D eigenvalue weighted by atomic mass is 10.1. The van der Waals surface area contributed by atoms with Crippen molar-refractivity contribution in [3.63, 3.8) is 0 Å². The largest absolute Gasteiger partial charge is 0.463 e. The summed E-state index contributed by atoms with van der Waals surface area (Å²) >= 11 is 12.1. The molecule has 1 atom stereocenters. The van der Waals surface area contributed by atoms with Crippen molar-refractivity contribution in [3.05, 3.63) is 40.1 Å². The number of ether oxygens (including phenoxy) is 1. The van der Waals surface area contributed by atoms with Crippen LogP contribution in [0.15, 0.2) is 24.3 Å². The van der Waals surface area contributed by atoms with Crippen LogP contribution in [0.25, 0.3) is 0 Å². The zero-order chi connectivity index (χ0) is 15.2. The molecule has 0 aliphatic rings. The molecule has 2 aromatic rings. The SMILES string of the molecule is CCCOc1nc(Cl)nc(NC(C)c2ccccc2Cl)n1. The van der Waals surface area contributed by atoms with Crippen LogP contribution in [0.1, 0.15) is 31.9 Å². The minimum absolute atomic E-state index is 0.0730. The van der Waals surface area contributed by atoms with Crippen LogP contribution in [0.3, 0.4) is 0 Å². The van der Waals surface area contributed by atoms with Crippen LogP contribution in [0.4, 0.5) is 5.95 Å². The molecule has 0 spiro atoms. The Balaban J connectivity index is 2.15. The summed E-state index contributed by atoms with van der Waals surface area (Å²) < 4.78 is 5.37. The summed E-state index contributed by atoms with van der Waals surface area (Å²) in [5.41, 5.74) is 0.951. The van der Waals surface area contributed by atoms with E-state index in [1.165, 1.54) is 0 Å². The third-order valence-electron chi connectivity index (χ3n) is 2.74. The Bertz CT molecular complexity index is 609. The fourth-order valence-corrected chi connectivity index (χ4v) is 2.20. The molecule has 1 aromatic carbocycles. The molecular weight excluding hydrogens is 311 g/mol. The monoisotopic (exact) mass is 326 g/mol. The zero-order valence-corrected chi connectivity index (χ0v) is 13.3. The molecule has 7 heteroatoms. The lowest BCUT2D eigenvalue weighted by Crippen LogP contribution is -2.11. The number of hydrogen-bond acceptors (Lipinski definition) is 5. The van der Waals surface area contributed by atoms with Crippen molar-refractivity contribution in [1.29, 1.82) is 0 Å². The molecule has 0 radical (unpaired) electrons. The van der Waals surface area contributed by atoms with Crippen molar-refractivity contribution < 1.29 is 4.74 Å². The summed E-state index contributed by atoms with van der Waals surface area (Å²) in [6.45, 7) is 4.49. The van der Waals surface area contributed by atoms with E-state index in [9.17, 15) is 0 Å². The van der Waals surface area contributed by atoms with Crippen LogP contribution in [0.5, 0.6) is 6.01 Å². The maximum atomic E-state index is 6.17. The second-order valence-electron chi connectivity index (χ2n) is 4.45. The van der Waals surface area contributed by atoms with Gasteiger partial charge in [0.2, 0.25) is 11.2 Å². The van der Waals surface area contributed by atoms with Crippen LogP contribution in [0, 0.1) is 0 Å². The van der Waals surface area contributed by atoms with E-state index >= 15 is 0 Å². The number of anilines is 1. The van der Waals surface area contributed by atoms with Crippen LogP contribution in [0.2, 0.25) is 10.3 Å². The fraction of sp³-hybridized carbons (Fsp3) is 0.357. The lowest BCUT2D eigenvalue weighted by molar-refractivity contribution is 0.291. The first-order valence-corrected chi connectivity index (χ1v) is 7.41. The van der Waals surface area contributed by atoms with E-state index in [1.54, 1.807) is 0 Å². The maximum absolute atomic E-state index is 6.17. The van der Waals surface area contributed by atoms with Crippen LogP contribution in [-0.2, 0) is 0 Å². The summed E-state index contributed by atoms with van der Waals surface area (Å²) in [7, 11) is 0. The van der Waals surface area contributed by atoms with Gasteiger partial charge < -0.3 is 10.1 Å². The maximum Gasteiger partial charge on any atom is 0.322 e. The Morgan fingerprint density at radius 2 is 1.95 bits per heavy atom. The van der Waals surface area contributed by atoms with Gasteiger partial charge in [-0.25, -0.2) is 0 Å². The average Bonchev–Trinajstić information content (AvgIpc) is 2.45. The molecule has 112 valence electrons. The molecule has 1 unspecified atom stereocenters. The molecule has 0 bridgehead atoms. The smallest absolute Gasteiger partial charge is 0.322 e. The van der Waals surface area contributed by atoms with Gasteiger partial charge in [0, 0.05) is 5.02 Å². The summed E-state index contributed by atoms with van der Waals surface area (Å²) in [4.78, 5) is 12.2. The Kier molecular flexibility index (Phi) is 5.59. The second kappa shape index (κ2) is 7.43. The standard InChI is InChI=1S/C14H16Cl2N4O/c1-3-8-21-14-19-12(16)18-13(20-14)17-9(2)10-6-4-5-7-11(10)15/h4-7,9H,3,8H2,1-2H3,(H,17,18,19,20). The van der Waals surface area contributed by atoms with Gasteiger partial charge in [-0.3, -0.25) is 0 Å². The number of nitrogens with zero attached hydrogens (tertiary/aromatic N) is 3. The summed E-state index contributed by atoms with van der Waals surface area (Å²) in [6, 6.07) is 7.73. The zero-order valence-electron chi connectivity index (χ0n) is 11.8. The number of hydrogen-bond donors (Lipinski definition) is 1. The minimum atomic E-state index is -0.0730. The van der Waals surface area contributed by atoms with E-state index in [4.69, 9.17) is 27.9 Å². The second-order valence-corrected chi connectivity index (χ2v) is 5.19. The average molecular weight is 327 g/mol. The molecule has 0 aliphatic carbocycles. The molecular formula is C14H16Cl2N4O. The van der Waals surface area contributed by atoms with Gasteiger partial charge in [-0.05, 0) is 36.6 Å². The van der Waals surface area contributed by atoms with E-state index in [2.05, 4.69) is 20.3 Å². The molecule has 1 heterocycles. The Morgan fingerprint density at radius 3 is 2.67 bits per heavy atom. The highest BCUT2D eigenvalue weighted by atomic mass is 35.5. The lowest BCUT2D eigenvalue weighted by Gasteiger charge is -2.15. The Labute approximate surface area is 133 Å². The van der Waals surface area contributed by atoms with Crippen molar-refractivity contribution >= 4 is 29.2 Å². The van der Waals surface area contributed by atoms with Gasteiger partial charge in [-0.2, -0.15) is 15.0 Å². The fourth-order valence-electron chi connectivity index (χ4n) is 1.75. The van der Waals surface area contributed by atoms with Crippen molar-refractivity contribution in [2.75, 3.05) is 11.9 Å². The Hall–Kier alpha value is -1.59. The first-order valence-electron chi connectivity index (χ1n) is 6.65. The molecule has 1 aromatic heterocycles. The molecule has 0 fully saturated rings. The predicted molar refractivity (Wildman–Crippen MR) is 84.1 cm³/mol. The predicted octanol–water partition coefficient (Wildman–Crippen LogP) is 4.14. The van der Waals surface area contributed by atoms with E-state index in [1.807, 2.05) is 38.1 Å². The number of nitrogens with one attached hydrogen (secondary N) is 1. The Morgan fingerprint density at radius 1 is 1.19 bits per heavy atom. The van der Waals surface area contributed by atoms with Crippen molar-refractivity contribution in [2.45, 2.75) is 26.3 Å². The van der Waals surface area contributed by atoms with Gasteiger partial charge in [0.1, 0.15) is 0 Å². The summed E-state index contributed by atoms with van der Waals surface area (Å²) in [6.07, 6.45) is 0.863. The topological polar surface area (TPSA) is 59.9 Å². The molecule has 21 heavy (non-hydrogen) atoms. The van der Waals surface area contributed by atoms with Crippen LogP contribution < -0.4 is 10.1 Å². The molecule has 0 saturated heterocycles. The van der Waals surface area contributed by atoms with Crippen molar-refractivity contribution in [2.24, 2.45) is 0 Å². The summed E-state index contributed by atoms with van der Waals surface area (Å²) in [5.74, 6) is 0.355. The van der Waals surface area contributed by atoms with E-state index in [0.717, 1.165) is 12.0 Å². The van der Waals surface area contributed by atoms with Gasteiger partial charge in [0.05, 0.1) is 12.6 Å². The molecule has 2 rings (SSSR count). The van der Waals surface area contributed by atoms with Gasteiger partial charge >= 0.3 is 6.01 Å². The van der Waals surface area contributed by atoms with E-state index < -0.39 is 0 Å². The minimum Gasteiger partial charge on any atom is -0.463 e. The molecule has 0 amide bonds. The third-order valence-corrected chi connectivity index (χ3v) is 3.25. The number of benzene rings is 1. The van der Waals surface area contributed by atoms with Gasteiger partial charge in [0.25, 0.3) is 0 Å². The van der Waals surface area contributed by atoms with E-state index in [-0.39, 0.29) is 17.3 Å². The number of aromatic nitrogens is 3. The molecule has 0 saturated carbocycles. The third kappa shape index (κ3) is 4.44. The van der Waals surface area contributed by atoms with Gasteiger partial charge in [-0.15, -0.1) is 0 Å². The highest BCUT2D eigenvalue weighted by Gasteiger charge is 2.12. The van der Waals surface area contributed by atoms with Crippen LogP contribution >= 0.6 is 23.2 Å². The number of halogens is 2. The first kappa shape index (κ1) is 15.8. The van der Waals surface area contributed by atoms with Gasteiger partial charge in [-0.1, -0.05) is 36.7 Å². The molecule has 1 N–H and O–H groups in total.